The number of anilines is 2. The quantitative estimate of drug-likeness (QED) is 0.675. The number of rotatable bonds is 9. The van der Waals surface area contributed by atoms with Gasteiger partial charge in [0.15, 0.2) is 0 Å². The molecule has 3 N–H and O–H groups in total. The molecule has 0 spiro atoms. The summed E-state index contributed by atoms with van der Waals surface area (Å²) >= 11 is 5.82. The number of hydrogen-bond donors (Lipinski definition) is 2. The van der Waals surface area contributed by atoms with Gasteiger partial charge in [-0.15, -0.1) is 0 Å². The van der Waals surface area contributed by atoms with Gasteiger partial charge in [-0.05, 0) is 18.2 Å². The van der Waals surface area contributed by atoms with Crippen LogP contribution in [0.1, 0.15) is 0 Å². The van der Waals surface area contributed by atoms with E-state index in [0.717, 1.165) is 0 Å². The van der Waals surface area contributed by atoms with E-state index in [0.29, 0.717) is 42.7 Å². The van der Waals surface area contributed by atoms with Crippen LogP contribution in [-0.4, -0.2) is 57.9 Å². The second-order valence-corrected chi connectivity index (χ2v) is 4.98. The lowest BCUT2D eigenvalue weighted by molar-refractivity contribution is -0.117. The number of nitrogens with one attached hydrogen (secondary N) is 1. The average molecular weight is 316 g/mol. The molecule has 0 atom stereocenters. The van der Waals surface area contributed by atoms with Gasteiger partial charge in [0, 0.05) is 32.3 Å². The molecule has 0 saturated heterocycles. The molecule has 0 heterocycles. The summed E-state index contributed by atoms with van der Waals surface area (Å²) in [6.07, 6.45) is 0. The third kappa shape index (κ3) is 6.77. The first-order valence-electron chi connectivity index (χ1n) is 6.62. The summed E-state index contributed by atoms with van der Waals surface area (Å²) in [5.74, 6) is -0.142. The van der Waals surface area contributed by atoms with Crippen LogP contribution in [0.4, 0.5) is 11.4 Å². The van der Waals surface area contributed by atoms with Gasteiger partial charge in [0.05, 0.1) is 31.1 Å². The summed E-state index contributed by atoms with van der Waals surface area (Å²) in [5.41, 5.74) is 6.81. The molecule has 21 heavy (non-hydrogen) atoms. The Morgan fingerprint density at radius 2 is 1.90 bits per heavy atom. The molecule has 7 heteroatoms. The van der Waals surface area contributed by atoms with Crippen LogP contribution in [0.2, 0.25) is 5.02 Å². The van der Waals surface area contributed by atoms with Crippen molar-refractivity contribution < 1.29 is 14.3 Å². The van der Waals surface area contributed by atoms with Crippen molar-refractivity contribution in [3.63, 3.8) is 0 Å². The summed E-state index contributed by atoms with van der Waals surface area (Å²) in [5, 5.41) is 3.31. The van der Waals surface area contributed by atoms with Gasteiger partial charge in [-0.3, -0.25) is 9.69 Å². The van der Waals surface area contributed by atoms with Gasteiger partial charge >= 0.3 is 0 Å². The van der Waals surface area contributed by atoms with Gasteiger partial charge < -0.3 is 20.5 Å². The lowest BCUT2D eigenvalue weighted by Crippen LogP contribution is -2.37. The standard InChI is InChI=1S/C14H22ClN3O3/c1-20-7-5-18(6-8-21-2)10-14(19)17-13-4-3-11(15)9-12(13)16/h3-4,9H,5-8,10,16H2,1-2H3,(H,17,19). The lowest BCUT2D eigenvalue weighted by Gasteiger charge is -2.21. The Bertz CT molecular complexity index is 449. The highest BCUT2D eigenvalue weighted by molar-refractivity contribution is 6.31. The average Bonchev–Trinajstić information content (AvgIpc) is 2.45. The maximum atomic E-state index is 12.1. The minimum Gasteiger partial charge on any atom is -0.397 e. The molecule has 0 fully saturated rings. The molecule has 0 aromatic heterocycles. The molecule has 0 saturated carbocycles. The molecular formula is C14H22ClN3O3. The minimum atomic E-state index is -0.142. The molecule has 0 aliphatic carbocycles. The third-order valence-electron chi connectivity index (χ3n) is 2.88. The van der Waals surface area contributed by atoms with Gasteiger partial charge in [-0.2, -0.15) is 0 Å². The Morgan fingerprint density at radius 1 is 1.29 bits per heavy atom. The molecule has 6 nitrogen and oxygen atoms in total. The maximum absolute atomic E-state index is 12.1. The first kappa shape index (κ1) is 17.7. The van der Waals surface area contributed by atoms with Gasteiger partial charge in [-0.25, -0.2) is 0 Å². The van der Waals surface area contributed by atoms with Crippen LogP contribution in [0.3, 0.4) is 0 Å². The van der Waals surface area contributed by atoms with Crippen LogP contribution >= 0.6 is 11.6 Å². The Hall–Kier alpha value is -1.34. The Morgan fingerprint density at radius 3 is 2.43 bits per heavy atom. The van der Waals surface area contributed by atoms with Crippen LogP contribution in [0.15, 0.2) is 18.2 Å². The number of nitrogens with zero attached hydrogens (tertiary/aromatic N) is 1. The van der Waals surface area contributed by atoms with E-state index in [-0.39, 0.29) is 12.5 Å². The highest BCUT2D eigenvalue weighted by Crippen LogP contribution is 2.22. The topological polar surface area (TPSA) is 76.8 Å². The van der Waals surface area contributed by atoms with E-state index in [1.165, 1.54) is 0 Å². The van der Waals surface area contributed by atoms with E-state index in [4.69, 9.17) is 26.8 Å². The van der Waals surface area contributed by atoms with E-state index in [2.05, 4.69) is 5.32 Å². The smallest absolute Gasteiger partial charge is 0.238 e. The Kier molecular flexibility index (Phi) is 8.07. The molecule has 1 aromatic rings. The molecular weight excluding hydrogens is 294 g/mol. The summed E-state index contributed by atoms with van der Waals surface area (Å²) in [7, 11) is 3.26. The molecule has 118 valence electrons. The summed E-state index contributed by atoms with van der Waals surface area (Å²) < 4.78 is 10.1. The number of methoxy groups -OCH3 is 2. The molecule has 1 rings (SSSR count). The number of benzene rings is 1. The first-order valence-corrected chi connectivity index (χ1v) is 6.99. The lowest BCUT2D eigenvalue weighted by atomic mass is 10.2. The second kappa shape index (κ2) is 9.57. The fourth-order valence-corrected chi connectivity index (χ4v) is 1.93. The third-order valence-corrected chi connectivity index (χ3v) is 3.11. The number of amides is 1. The number of hydrogen-bond acceptors (Lipinski definition) is 5. The zero-order valence-electron chi connectivity index (χ0n) is 12.4. The minimum absolute atomic E-state index is 0.142. The zero-order valence-corrected chi connectivity index (χ0v) is 13.2. The molecule has 0 aliphatic rings. The predicted octanol–water partition coefficient (Wildman–Crippen LogP) is 1.46. The number of carbonyl (C=O) groups excluding carboxylic acids is 1. The van der Waals surface area contributed by atoms with E-state index >= 15 is 0 Å². The van der Waals surface area contributed by atoms with E-state index in [1.807, 2.05) is 4.90 Å². The van der Waals surface area contributed by atoms with Crippen molar-refractivity contribution in [1.82, 2.24) is 4.90 Å². The Labute approximate surface area is 130 Å². The van der Waals surface area contributed by atoms with Crippen molar-refractivity contribution in [3.8, 4) is 0 Å². The van der Waals surface area contributed by atoms with Gasteiger partial charge in [0.1, 0.15) is 0 Å². The molecule has 1 aromatic carbocycles. The number of carbonyl (C=O) groups is 1. The molecule has 0 bridgehead atoms. The maximum Gasteiger partial charge on any atom is 0.238 e. The van der Waals surface area contributed by atoms with Crippen molar-refractivity contribution >= 4 is 28.9 Å². The molecule has 0 unspecified atom stereocenters. The normalized spacial score (nSPS) is 10.9. The Balaban J connectivity index is 2.55. The number of nitrogen functional groups attached to an aromatic ring is 1. The SMILES string of the molecule is COCCN(CCOC)CC(=O)Nc1ccc(Cl)cc1N. The van der Waals surface area contributed by atoms with Gasteiger partial charge in [-0.1, -0.05) is 11.6 Å². The van der Waals surface area contributed by atoms with Crippen LogP contribution in [-0.2, 0) is 14.3 Å². The van der Waals surface area contributed by atoms with E-state index in [1.54, 1.807) is 32.4 Å². The summed E-state index contributed by atoms with van der Waals surface area (Å²) in [6.45, 7) is 2.67. The predicted molar refractivity (Wildman–Crippen MR) is 84.7 cm³/mol. The van der Waals surface area contributed by atoms with E-state index in [9.17, 15) is 4.79 Å². The monoisotopic (exact) mass is 315 g/mol. The van der Waals surface area contributed by atoms with Crippen LogP contribution in [0.5, 0.6) is 0 Å². The summed E-state index contributed by atoms with van der Waals surface area (Å²) in [6, 6.07) is 4.97. The number of nitrogens with two attached hydrogens (primary N) is 1. The van der Waals surface area contributed by atoms with Crippen molar-refractivity contribution in [3.05, 3.63) is 23.2 Å². The highest BCUT2D eigenvalue weighted by Gasteiger charge is 2.12. The largest absolute Gasteiger partial charge is 0.397 e. The summed E-state index contributed by atoms with van der Waals surface area (Å²) in [4.78, 5) is 14.0. The van der Waals surface area contributed by atoms with Crippen molar-refractivity contribution in [2.24, 2.45) is 0 Å². The van der Waals surface area contributed by atoms with Crippen molar-refractivity contribution in [2.75, 3.05) is 58.1 Å². The number of ether oxygens (including phenoxy) is 2. The van der Waals surface area contributed by atoms with Crippen LogP contribution in [0, 0.1) is 0 Å². The van der Waals surface area contributed by atoms with Crippen molar-refractivity contribution in [2.45, 2.75) is 0 Å². The number of halogens is 1. The zero-order chi connectivity index (χ0) is 15.7. The van der Waals surface area contributed by atoms with E-state index < -0.39 is 0 Å². The highest BCUT2D eigenvalue weighted by atomic mass is 35.5. The van der Waals surface area contributed by atoms with Gasteiger partial charge in [0.25, 0.3) is 0 Å². The first-order chi connectivity index (χ1) is 10.1. The van der Waals surface area contributed by atoms with Crippen molar-refractivity contribution in [1.29, 1.82) is 0 Å². The van der Waals surface area contributed by atoms with Gasteiger partial charge in [0.2, 0.25) is 5.91 Å². The fraction of sp³-hybridized carbons (Fsp3) is 0.500. The van der Waals surface area contributed by atoms with Crippen LogP contribution in [0.25, 0.3) is 0 Å². The molecule has 0 radical (unpaired) electrons. The molecule has 1 amide bonds. The second-order valence-electron chi connectivity index (χ2n) is 4.54. The fourth-order valence-electron chi connectivity index (χ4n) is 1.75. The molecule has 0 aliphatic heterocycles. The van der Waals surface area contributed by atoms with Crippen LogP contribution < -0.4 is 11.1 Å².